The van der Waals surface area contributed by atoms with E-state index >= 15 is 0 Å². The molecule has 0 saturated heterocycles. The number of benzene rings is 2. The highest BCUT2D eigenvalue weighted by molar-refractivity contribution is 5.53. The van der Waals surface area contributed by atoms with Gasteiger partial charge < -0.3 is 20.1 Å². The van der Waals surface area contributed by atoms with E-state index in [1.165, 1.54) is 12.1 Å². The van der Waals surface area contributed by atoms with E-state index in [4.69, 9.17) is 9.84 Å². The fourth-order valence-corrected chi connectivity index (χ4v) is 1.43. The SMILES string of the molecule is OCc1cc(O)c(O)c(Oc2ccccc2)c1. The second kappa shape index (κ2) is 4.76. The first-order valence-electron chi connectivity index (χ1n) is 5.09. The highest BCUT2D eigenvalue weighted by Gasteiger charge is 2.11. The van der Waals surface area contributed by atoms with Crippen LogP contribution in [0.5, 0.6) is 23.0 Å². The minimum atomic E-state index is -0.342. The van der Waals surface area contributed by atoms with E-state index < -0.39 is 0 Å². The van der Waals surface area contributed by atoms with Crippen LogP contribution in [0.3, 0.4) is 0 Å². The van der Waals surface area contributed by atoms with E-state index in [2.05, 4.69) is 0 Å². The molecule has 2 aromatic rings. The maximum atomic E-state index is 9.62. The van der Waals surface area contributed by atoms with E-state index in [-0.39, 0.29) is 23.9 Å². The molecule has 0 saturated carbocycles. The van der Waals surface area contributed by atoms with Crippen molar-refractivity contribution < 1.29 is 20.1 Å². The summed E-state index contributed by atoms with van der Waals surface area (Å²) >= 11 is 0. The van der Waals surface area contributed by atoms with E-state index in [0.717, 1.165) is 0 Å². The van der Waals surface area contributed by atoms with Crippen LogP contribution in [-0.4, -0.2) is 15.3 Å². The summed E-state index contributed by atoms with van der Waals surface area (Å²) in [6, 6.07) is 11.6. The van der Waals surface area contributed by atoms with Crippen LogP contribution in [0.25, 0.3) is 0 Å². The Bertz CT molecular complexity index is 508. The first kappa shape index (κ1) is 11.3. The van der Waals surface area contributed by atoms with Gasteiger partial charge in [0, 0.05) is 0 Å². The van der Waals surface area contributed by atoms with Gasteiger partial charge in [-0.3, -0.25) is 0 Å². The number of phenolic OH excluding ortho intramolecular Hbond substituents is 2. The predicted octanol–water partition coefficient (Wildman–Crippen LogP) is 2.38. The van der Waals surface area contributed by atoms with Gasteiger partial charge in [-0.2, -0.15) is 0 Å². The molecule has 0 atom stereocenters. The van der Waals surface area contributed by atoms with Gasteiger partial charge in [0.15, 0.2) is 11.5 Å². The quantitative estimate of drug-likeness (QED) is 0.710. The molecule has 0 aromatic heterocycles. The summed E-state index contributed by atoms with van der Waals surface area (Å²) in [4.78, 5) is 0. The highest BCUT2D eigenvalue weighted by Crippen LogP contribution is 2.38. The maximum absolute atomic E-state index is 9.62. The van der Waals surface area contributed by atoms with Crippen LogP contribution in [0.4, 0.5) is 0 Å². The van der Waals surface area contributed by atoms with E-state index in [1.54, 1.807) is 24.3 Å². The molecule has 0 aliphatic rings. The molecule has 0 amide bonds. The molecule has 0 unspecified atom stereocenters. The molecule has 0 radical (unpaired) electrons. The molecule has 0 aliphatic heterocycles. The van der Waals surface area contributed by atoms with Crippen LogP contribution in [0.1, 0.15) is 5.56 Å². The van der Waals surface area contributed by atoms with Crippen LogP contribution in [-0.2, 0) is 6.61 Å². The maximum Gasteiger partial charge on any atom is 0.201 e. The van der Waals surface area contributed by atoms with Crippen molar-refractivity contribution in [1.82, 2.24) is 0 Å². The standard InChI is InChI=1S/C13H12O4/c14-8-9-6-11(15)13(16)12(7-9)17-10-4-2-1-3-5-10/h1-7,14-16H,8H2. The van der Waals surface area contributed by atoms with E-state index in [1.807, 2.05) is 6.07 Å². The van der Waals surface area contributed by atoms with Gasteiger partial charge in [0.1, 0.15) is 5.75 Å². The van der Waals surface area contributed by atoms with Crippen molar-refractivity contribution in [3.63, 3.8) is 0 Å². The van der Waals surface area contributed by atoms with Crippen molar-refractivity contribution in [2.75, 3.05) is 0 Å². The fraction of sp³-hybridized carbons (Fsp3) is 0.0769. The Morgan fingerprint density at radius 1 is 1.00 bits per heavy atom. The van der Waals surface area contributed by atoms with Crippen LogP contribution in [0.2, 0.25) is 0 Å². The Morgan fingerprint density at radius 2 is 1.71 bits per heavy atom. The third-order valence-corrected chi connectivity index (χ3v) is 2.27. The number of aromatic hydroxyl groups is 2. The van der Waals surface area contributed by atoms with Gasteiger partial charge >= 0.3 is 0 Å². The van der Waals surface area contributed by atoms with Crippen LogP contribution in [0.15, 0.2) is 42.5 Å². The van der Waals surface area contributed by atoms with Crippen molar-refractivity contribution in [3.8, 4) is 23.0 Å². The predicted molar refractivity (Wildman–Crippen MR) is 62.2 cm³/mol. The van der Waals surface area contributed by atoms with Crippen molar-refractivity contribution >= 4 is 0 Å². The van der Waals surface area contributed by atoms with Crippen LogP contribution in [0, 0.1) is 0 Å². The highest BCUT2D eigenvalue weighted by atomic mass is 16.5. The average Bonchev–Trinajstić information content (AvgIpc) is 2.36. The lowest BCUT2D eigenvalue weighted by Gasteiger charge is -2.10. The Morgan fingerprint density at radius 3 is 2.35 bits per heavy atom. The molecule has 17 heavy (non-hydrogen) atoms. The number of phenols is 2. The van der Waals surface area contributed by atoms with Crippen LogP contribution < -0.4 is 4.74 Å². The number of rotatable bonds is 3. The molecule has 4 heteroatoms. The Kier molecular flexibility index (Phi) is 3.16. The molecule has 88 valence electrons. The molecule has 2 aromatic carbocycles. The smallest absolute Gasteiger partial charge is 0.201 e. The van der Waals surface area contributed by atoms with E-state index in [9.17, 15) is 10.2 Å². The number of hydrogen-bond donors (Lipinski definition) is 3. The zero-order valence-corrected chi connectivity index (χ0v) is 9.00. The normalized spacial score (nSPS) is 10.2. The average molecular weight is 232 g/mol. The van der Waals surface area contributed by atoms with Crippen molar-refractivity contribution in [1.29, 1.82) is 0 Å². The lowest BCUT2D eigenvalue weighted by Crippen LogP contribution is -1.89. The second-order valence-electron chi connectivity index (χ2n) is 3.53. The van der Waals surface area contributed by atoms with E-state index in [0.29, 0.717) is 11.3 Å². The van der Waals surface area contributed by atoms with Gasteiger partial charge in [0.05, 0.1) is 6.61 Å². The number of hydrogen-bond acceptors (Lipinski definition) is 4. The minimum Gasteiger partial charge on any atom is -0.504 e. The second-order valence-corrected chi connectivity index (χ2v) is 3.53. The fourth-order valence-electron chi connectivity index (χ4n) is 1.43. The van der Waals surface area contributed by atoms with Gasteiger partial charge in [-0.1, -0.05) is 18.2 Å². The molecule has 0 aliphatic carbocycles. The number of aliphatic hydroxyl groups excluding tert-OH is 1. The number of para-hydroxylation sites is 1. The van der Waals surface area contributed by atoms with Crippen LogP contribution >= 0.6 is 0 Å². The van der Waals surface area contributed by atoms with Gasteiger partial charge in [-0.15, -0.1) is 0 Å². The largest absolute Gasteiger partial charge is 0.504 e. The molecular weight excluding hydrogens is 220 g/mol. The lowest BCUT2D eigenvalue weighted by molar-refractivity contribution is 0.279. The van der Waals surface area contributed by atoms with Crippen molar-refractivity contribution in [3.05, 3.63) is 48.0 Å². The van der Waals surface area contributed by atoms with Gasteiger partial charge in [0.2, 0.25) is 5.75 Å². The summed E-state index contributed by atoms with van der Waals surface area (Å²) in [6.45, 7) is -0.237. The Hall–Kier alpha value is -2.20. The summed E-state index contributed by atoms with van der Waals surface area (Å²) in [5.41, 5.74) is 0.464. The summed E-state index contributed by atoms with van der Waals surface area (Å²) in [6.07, 6.45) is 0. The van der Waals surface area contributed by atoms with Crippen molar-refractivity contribution in [2.45, 2.75) is 6.61 Å². The number of aliphatic hydroxyl groups is 1. The monoisotopic (exact) mass is 232 g/mol. The summed E-state index contributed by atoms with van der Waals surface area (Å²) in [5, 5.41) is 28.1. The molecular formula is C13H12O4. The molecule has 0 bridgehead atoms. The Balaban J connectivity index is 2.35. The third kappa shape index (κ3) is 2.49. The molecule has 0 fully saturated rings. The zero-order chi connectivity index (χ0) is 12.3. The van der Waals surface area contributed by atoms with Gasteiger partial charge in [0.25, 0.3) is 0 Å². The first-order chi connectivity index (χ1) is 8.20. The summed E-state index contributed by atoms with van der Waals surface area (Å²) in [7, 11) is 0. The van der Waals surface area contributed by atoms with Gasteiger partial charge in [-0.05, 0) is 29.8 Å². The molecule has 0 heterocycles. The summed E-state index contributed by atoms with van der Waals surface area (Å²) in [5.74, 6) is -0.00826. The lowest BCUT2D eigenvalue weighted by atomic mass is 10.2. The topological polar surface area (TPSA) is 69.9 Å². The zero-order valence-electron chi connectivity index (χ0n) is 9.00. The van der Waals surface area contributed by atoms with Gasteiger partial charge in [-0.25, -0.2) is 0 Å². The van der Waals surface area contributed by atoms with Crippen molar-refractivity contribution in [2.24, 2.45) is 0 Å². The number of ether oxygens (including phenoxy) is 1. The molecule has 4 nitrogen and oxygen atoms in total. The molecule has 2 rings (SSSR count). The third-order valence-electron chi connectivity index (χ3n) is 2.27. The molecule has 3 N–H and O–H groups in total. The minimum absolute atomic E-state index is 0.111. The summed E-state index contributed by atoms with van der Waals surface area (Å²) < 4.78 is 5.41. The first-order valence-corrected chi connectivity index (χ1v) is 5.09. The Labute approximate surface area is 98.3 Å². The molecule has 0 spiro atoms.